The number of carbonyl (C=O) groups is 1. The van der Waals surface area contributed by atoms with Crippen LogP contribution in [0, 0.1) is 0 Å². The lowest BCUT2D eigenvalue weighted by atomic mass is 10.3. The van der Waals surface area contributed by atoms with Crippen LogP contribution in [-0.2, 0) is 0 Å². The largest absolute Gasteiger partial charge is 0.366 e. The average Bonchev–Trinajstić information content (AvgIpc) is 2.67. The molecule has 0 unspecified atom stereocenters. The molecule has 2 rings (SSSR count). The van der Waals surface area contributed by atoms with Crippen LogP contribution in [0.3, 0.4) is 0 Å². The van der Waals surface area contributed by atoms with E-state index in [4.69, 9.17) is 16.1 Å². The Morgan fingerprint density at radius 2 is 2.06 bits per heavy atom. The molecule has 1 heterocycles. The van der Waals surface area contributed by atoms with Crippen LogP contribution >= 0.6 is 11.6 Å². The van der Waals surface area contributed by atoms with Crippen LogP contribution < -0.4 is 5.56 Å². The zero-order valence-electron chi connectivity index (χ0n) is 10.1. The molecule has 0 atom stereocenters. The van der Waals surface area contributed by atoms with E-state index in [2.05, 4.69) is 0 Å². The molecule has 0 aliphatic heterocycles. The maximum absolute atomic E-state index is 12.0. The predicted octanol–water partition coefficient (Wildman–Crippen LogP) is 2.56. The lowest BCUT2D eigenvalue weighted by Gasteiger charge is -2.16. The van der Waals surface area contributed by atoms with Crippen molar-refractivity contribution in [3.8, 4) is 0 Å². The van der Waals surface area contributed by atoms with Gasteiger partial charge >= 0.3 is 6.03 Å². The molecule has 18 heavy (non-hydrogen) atoms. The van der Waals surface area contributed by atoms with Crippen molar-refractivity contribution in [3.05, 3.63) is 33.6 Å². The Hall–Kier alpha value is -1.75. The molecule has 6 heteroatoms. The van der Waals surface area contributed by atoms with Crippen molar-refractivity contribution >= 4 is 28.6 Å². The molecule has 0 saturated heterocycles. The fourth-order valence-electron chi connectivity index (χ4n) is 1.75. The summed E-state index contributed by atoms with van der Waals surface area (Å²) in [7, 11) is 0. The van der Waals surface area contributed by atoms with Crippen LogP contribution in [-0.4, -0.2) is 28.8 Å². The van der Waals surface area contributed by atoms with Crippen molar-refractivity contribution in [3.63, 3.8) is 0 Å². The van der Waals surface area contributed by atoms with E-state index in [-0.39, 0.29) is 0 Å². The summed E-state index contributed by atoms with van der Waals surface area (Å²) in [4.78, 5) is 25.5. The van der Waals surface area contributed by atoms with E-state index in [1.807, 2.05) is 13.8 Å². The summed E-state index contributed by atoms with van der Waals surface area (Å²) in [5, 5.41) is 0.804. The van der Waals surface area contributed by atoms with Gasteiger partial charge in [0, 0.05) is 24.2 Å². The van der Waals surface area contributed by atoms with Gasteiger partial charge < -0.3 is 9.42 Å². The second kappa shape index (κ2) is 4.86. The van der Waals surface area contributed by atoms with Gasteiger partial charge in [-0.05, 0) is 26.0 Å². The normalized spacial score (nSPS) is 10.8. The summed E-state index contributed by atoms with van der Waals surface area (Å²) in [5.41, 5.74) is -0.147. The van der Waals surface area contributed by atoms with Crippen LogP contribution in [0.2, 0.25) is 5.02 Å². The zero-order chi connectivity index (χ0) is 13.3. The molecular formula is C12H13ClN2O3. The Morgan fingerprint density at radius 1 is 1.39 bits per heavy atom. The predicted molar refractivity (Wildman–Crippen MR) is 69.2 cm³/mol. The Kier molecular flexibility index (Phi) is 3.43. The Bertz CT molecular complexity index is 640. The number of hydrogen-bond acceptors (Lipinski definition) is 3. The number of halogens is 1. The van der Waals surface area contributed by atoms with E-state index in [0.29, 0.717) is 29.1 Å². The molecule has 0 aliphatic rings. The number of benzene rings is 1. The summed E-state index contributed by atoms with van der Waals surface area (Å²) in [6, 6.07) is 4.20. The molecule has 0 saturated carbocycles. The minimum atomic E-state index is -0.461. The molecule has 0 aliphatic carbocycles. The van der Waals surface area contributed by atoms with Gasteiger partial charge in [0.1, 0.15) is 0 Å². The molecule has 0 N–H and O–H groups in total. The van der Waals surface area contributed by atoms with Crippen molar-refractivity contribution in [2.45, 2.75) is 13.8 Å². The van der Waals surface area contributed by atoms with Crippen LogP contribution in [0.5, 0.6) is 0 Å². The Morgan fingerprint density at radius 3 is 2.67 bits per heavy atom. The molecular weight excluding hydrogens is 256 g/mol. The first-order chi connectivity index (χ1) is 8.58. The van der Waals surface area contributed by atoms with Crippen molar-refractivity contribution in [2.24, 2.45) is 0 Å². The average molecular weight is 269 g/mol. The van der Waals surface area contributed by atoms with E-state index in [1.54, 1.807) is 12.1 Å². The first-order valence-electron chi connectivity index (χ1n) is 5.69. The second-order valence-corrected chi connectivity index (χ2v) is 4.22. The standard InChI is InChI=1S/C12H13ClN2O3/c1-3-14(4-2)12(17)15-11(16)9-6-5-8(13)7-10(9)18-15/h5-7H,3-4H2,1-2H3. The smallest absolute Gasteiger partial charge is 0.361 e. The minimum absolute atomic E-state index is 0.313. The number of fused-ring (bicyclic) bond motifs is 1. The molecule has 1 aromatic carbocycles. The molecule has 5 nitrogen and oxygen atoms in total. The Labute approximate surface area is 108 Å². The van der Waals surface area contributed by atoms with Gasteiger partial charge in [0.05, 0.1) is 5.39 Å². The molecule has 1 amide bonds. The highest BCUT2D eigenvalue weighted by Gasteiger charge is 2.19. The van der Waals surface area contributed by atoms with Crippen molar-refractivity contribution in [1.82, 2.24) is 9.64 Å². The summed E-state index contributed by atoms with van der Waals surface area (Å²) in [5.74, 6) is 0. The second-order valence-electron chi connectivity index (χ2n) is 3.79. The fraction of sp³-hybridized carbons (Fsp3) is 0.333. The minimum Gasteiger partial charge on any atom is -0.366 e. The highest BCUT2D eigenvalue weighted by Crippen LogP contribution is 2.17. The third-order valence-corrected chi connectivity index (χ3v) is 2.99. The topological polar surface area (TPSA) is 55.5 Å². The van der Waals surface area contributed by atoms with Gasteiger partial charge in [-0.1, -0.05) is 16.3 Å². The maximum atomic E-state index is 12.0. The molecule has 0 radical (unpaired) electrons. The van der Waals surface area contributed by atoms with Gasteiger partial charge in [0.25, 0.3) is 5.56 Å². The molecule has 96 valence electrons. The first kappa shape index (κ1) is 12.7. The van der Waals surface area contributed by atoms with Gasteiger partial charge in [0.15, 0.2) is 5.58 Å². The molecule has 0 fully saturated rings. The number of carbonyl (C=O) groups excluding carboxylic acids is 1. The third kappa shape index (κ3) is 2.01. The molecule has 1 aromatic heterocycles. The van der Waals surface area contributed by atoms with Crippen molar-refractivity contribution in [1.29, 1.82) is 0 Å². The first-order valence-corrected chi connectivity index (χ1v) is 6.07. The van der Waals surface area contributed by atoms with Crippen LogP contribution in [0.4, 0.5) is 4.79 Å². The fourth-order valence-corrected chi connectivity index (χ4v) is 1.91. The van der Waals surface area contributed by atoms with Gasteiger partial charge in [-0.15, -0.1) is 0 Å². The summed E-state index contributed by atoms with van der Waals surface area (Å²) < 4.78 is 6.03. The quantitative estimate of drug-likeness (QED) is 0.841. The highest BCUT2D eigenvalue weighted by molar-refractivity contribution is 6.31. The van der Waals surface area contributed by atoms with E-state index in [1.165, 1.54) is 11.0 Å². The van der Waals surface area contributed by atoms with Gasteiger partial charge in [-0.2, -0.15) is 0 Å². The zero-order valence-corrected chi connectivity index (χ0v) is 10.9. The van der Waals surface area contributed by atoms with Gasteiger partial charge in [-0.25, -0.2) is 4.79 Å². The van der Waals surface area contributed by atoms with Crippen LogP contribution in [0.15, 0.2) is 27.5 Å². The lowest BCUT2D eigenvalue weighted by Crippen LogP contribution is -2.38. The highest BCUT2D eigenvalue weighted by atomic mass is 35.5. The number of hydrogen-bond donors (Lipinski definition) is 0. The number of amides is 1. The van der Waals surface area contributed by atoms with E-state index < -0.39 is 11.6 Å². The number of rotatable bonds is 2. The van der Waals surface area contributed by atoms with Crippen LogP contribution in [0.1, 0.15) is 13.8 Å². The van der Waals surface area contributed by atoms with Gasteiger partial charge in [0.2, 0.25) is 0 Å². The lowest BCUT2D eigenvalue weighted by molar-refractivity contribution is 0.175. The summed E-state index contributed by atoms with van der Waals surface area (Å²) in [6.07, 6.45) is 0. The summed E-state index contributed by atoms with van der Waals surface area (Å²) >= 11 is 5.81. The molecule has 0 bridgehead atoms. The van der Waals surface area contributed by atoms with Crippen molar-refractivity contribution < 1.29 is 9.32 Å². The Balaban J connectivity index is 2.55. The SMILES string of the molecule is CCN(CC)C(=O)n1oc2cc(Cl)ccc2c1=O. The third-order valence-electron chi connectivity index (χ3n) is 2.76. The van der Waals surface area contributed by atoms with E-state index in [0.717, 1.165) is 4.74 Å². The number of aromatic nitrogens is 1. The van der Waals surface area contributed by atoms with E-state index in [9.17, 15) is 9.59 Å². The van der Waals surface area contributed by atoms with Crippen LogP contribution in [0.25, 0.3) is 11.0 Å². The molecule has 2 aromatic rings. The molecule has 0 spiro atoms. The maximum Gasteiger partial charge on any atom is 0.361 e. The van der Waals surface area contributed by atoms with Crippen molar-refractivity contribution in [2.75, 3.05) is 13.1 Å². The number of nitrogens with zero attached hydrogens (tertiary/aromatic N) is 2. The van der Waals surface area contributed by atoms with Gasteiger partial charge in [-0.3, -0.25) is 4.79 Å². The summed E-state index contributed by atoms with van der Waals surface area (Å²) in [6.45, 7) is 4.71. The van der Waals surface area contributed by atoms with E-state index >= 15 is 0 Å². The monoisotopic (exact) mass is 268 g/mol.